The van der Waals surface area contributed by atoms with Crippen molar-refractivity contribution in [2.75, 3.05) is 24.2 Å². The van der Waals surface area contributed by atoms with Crippen LogP contribution < -0.4 is 5.32 Å². The van der Waals surface area contributed by atoms with Crippen molar-refractivity contribution in [1.82, 2.24) is 14.1 Å². The molecule has 0 radical (unpaired) electrons. The summed E-state index contributed by atoms with van der Waals surface area (Å²) in [5.41, 5.74) is 0. The second kappa shape index (κ2) is 6.57. The van der Waals surface area contributed by atoms with Gasteiger partial charge in [0.15, 0.2) is 5.82 Å². The summed E-state index contributed by atoms with van der Waals surface area (Å²) in [5.74, 6) is 0.539. The van der Waals surface area contributed by atoms with E-state index < -0.39 is 10.0 Å². The maximum atomic E-state index is 12.2. The van der Waals surface area contributed by atoms with Gasteiger partial charge < -0.3 is 5.32 Å². The van der Waals surface area contributed by atoms with E-state index in [1.807, 2.05) is 6.92 Å². The Hall–Kier alpha value is -1.41. The Morgan fingerprint density at radius 1 is 1.52 bits per heavy atom. The van der Waals surface area contributed by atoms with E-state index >= 15 is 0 Å². The first-order valence-electron chi connectivity index (χ1n) is 7.23. The zero-order valence-corrected chi connectivity index (χ0v) is 13.3. The summed E-state index contributed by atoms with van der Waals surface area (Å²) in [6.45, 7) is 4.39. The molecule has 7 nitrogen and oxygen atoms in total. The van der Waals surface area contributed by atoms with Crippen LogP contribution in [0.2, 0.25) is 0 Å². The first-order valence-corrected chi connectivity index (χ1v) is 8.84. The Balaban J connectivity index is 1.99. The van der Waals surface area contributed by atoms with Crippen LogP contribution >= 0.6 is 0 Å². The van der Waals surface area contributed by atoms with Crippen molar-refractivity contribution >= 4 is 21.7 Å². The molecule has 0 spiro atoms. The Bertz CT molecular complexity index is 596. The van der Waals surface area contributed by atoms with Crippen LogP contribution in [-0.2, 0) is 14.8 Å². The van der Waals surface area contributed by atoms with Crippen molar-refractivity contribution in [2.24, 2.45) is 0 Å². The lowest BCUT2D eigenvalue weighted by atomic mass is 10.3. The van der Waals surface area contributed by atoms with E-state index in [1.54, 1.807) is 21.3 Å². The van der Waals surface area contributed by atoms with E-state index in [0.717, 1.165) is 12.8 Å². The van der Waals surface area contributed by atoms with Crippen LogP contribution in [0, 0.1) is 0 Å². The summed E-state index contributed by atoms with van der Waals surface area (Å²) in [5, 5.41) is 6.89. The van der Waals surface area contributed by atoms with Crippen molar-refractivity contribution < 1.29 is 13.2 Å². The number of carbonyl (C=O) groups is 1. The molecule has 1 N–H and O–H groups in total. The molecule has 118 valence electrons. The van der Waals surface area contributed by atoms with Gasteiger partial charge >= 0.3 is 0 Å². The number of rotatable bonds is 6. The molecule has 0 saturated carbocycles. The molecular formula is C13H22N4O3S. The highest BCUT2D eigenvalue weighted by atomic mass is 32.2. The average Bonchev–Trinajstić information content (AvgIpc) is 3.04. The zero-order valence-electron chi connectivity index (χ0n) is 12.4. The third kappa shape index (κ3) is 4.04. The van der Waals surface area contributed by atoms with Crippen LogP contribution in [0.3, 0.4) is 0 Å². The summed E-state index contributed by atoms with van der Waals surface area (Å²) in [4.78, 5) is 11.0. The molecule has 1 aliphatic rings. The number of hydrogen-bond donors (Lipinski definition) is 1. The van der Waals surface area contributed by atoms with Crippen LogP contribution in [0.4, 0.5) is 5.82 Å². The van der Waals surface area contributed by atoms with Gasteiger partial charge in [0, 0.05) is 32.3 Å². The summed E-state index contributed by atoms with van der Waals surface area (Å²) in [7, 11) is -3.15. The topological polar surface area (TPSA) is 84.3 Å². The van der Waals surface area contributed by atoms with Gasteiger partial charge in [-0.3, -0.25) is 9.48 Å². The van der Waals surface area contributed by atoms with Crippen molar-refractivity contribution in [3.8, 4) is 0 Å². The SMILES string of the molecule is CCCCS(=O)(=O)N1CC[C@@H](n2ccc(NC(C)=O)n2)C1. The van der Waals surface area contributed by atoms with Crippen molar-refractivity contribution in [2.45, 2.75) is 39.2 Å². The number of sulfonamides is 1. The largest absolute Gasteiger partial charge is 0.309 e. The smallest absolute Gasteiger partial charge is 0.222 e. The third-order valence-corrected chi connectivity index (χ3v) is 5.48. The molecule has 1 saturated heterocycles. The van der Waals surface area contributed by atoms with Gasteiger partial charge in [-0.15, -0.1) is 0 Å². The van der Waals surface area contributed by atoms with Crippen LogP contribution in [-0.4, -0.2) is 47.3 Å². The zero-order chi connectivity index (χ0) is 15.5. The van der Waals surface area contributed by atoms with Gasteiger partial charge in [0.2, 0.25) is 15.9 Å². The number of carbonyl (C=O) groups excluding carboxylic acids is 1. The van der Waals surface area contributed by atoms with Gasteiger partial charge in [-0.1, -0.05) is 13.3 Å². The highest BCUT2D eigenvalue weighted by Gasteiger charge is 2.32. The summed E-state index contributed by atoms with van der Waals surface area (Å²) in [6, 6.07) is 1.75. The fraction of sp³-hybridized carbons (Fsp3) is 0.692. The standard InChI is InChI=1S/C13H22N4O3S/c1-3-4-9-21(19,20)16-7-5-12(10-16)17-8-6-13(15-17)14-11(2)18/h6,8,12H,3-5,7,9-10H2,1-2H3,(H,14,15,18)/t12-/m1/s1. The normalized spacial score (nSPS) is 19.8. The van der Waals surface area contributed by atoms with E-state index in [1.165, 1.54) is 6.92 Å². The molecule has 21 heavy (non-hydrogen) atoms. The number of aromatic nitrogens is 2. The Labute approximate surface area is 125 Å². The van der Waals surface area contributed by atoms with E-state index in [2.05, 4.69) is 10.4 Å². The minimum absolute atomic E-state index is 0.0314. The summed E-state index contributed by atoms with van der Waals surface area (Å²) in [6.07, 6.45) is 4.08. The van der Waals surface area contributed by atoms with Gasteiger partial charge in [0.1, 0.15) is 0 Å². The lowest BCUT2D eigenvalue weighted by molar-refractivity contribution is -0.114. The second-order valence-corrected chi connectivity index (χ2v) is 7.42. The molecular weight excluding hydrogens is 292 g/mol. The fourth-order valence-electron chi connectivity index (χ4n) is 2.42. The average molecular weight is 314 g/mol. The van der Waals surface area contributed by atoms with Crippen molar-refractivity contribution in [3.63, 3.8) is 0 Å². The molecule has 1 aromatic heterocycles. The number of amides is 1. The molecule has 1 aromatic rings. The number of anilines is 1. The molecule has 0 unspecified atom stereocenters. The van der Waals surface area contributed by atoms with E-state index in [4.69, 9.17) is 0 Å². The number of nitrogens with zero attached hydrogens (tertiary/aromatic N) is 3. The van der Waals surface area contributed by atoms with E-state index in [-0.39, 0.29) is 17.7 Å². The highest BCUT2D eigenvalue weighted by molar-refractivity contribution is 7.89. The number of hydrogen-bond acceptors (Lipinski definition) is 4. The molecule has 1 aliphatic heterocycles. The van der Waals surface area contributed by atoms with Crippen LogP contribution in [0.1, 0.15) is 39.2 Å². The minimum Gasteiger partial charge on any atom is -0.309 e. The molecule has 2 heterocycles. The predicted molar refractivity (Wildman–Crippen MR) is 80.5 cm³/mol. The van der Waals surface area contributed by atoms with E-state index in [0.29, 0.717) is 25.3 Å². The van der Waals surface area contributed by atoms with E-state index in [9.17, 15) is 13.2 Å². The lowest BCUT2D eigenvalue weighted by Crippen LogP contribution is -2.31. The first kappa shape index (κ1) is 16.0. The van der Waals surface area contributed by atoms with Crippen molar-refractivity contribution in [3.05, 3.63) is 12.3 Å². The molecule has 1 fully saturated rings. The molecule has 8 heteroatoms. The van der Waals surface area contributed by atoms with Gasteiger partial charge in [-0.05, 0) is 12.8 Å². The molecule has 2 rings (SSSR count). The van der Waals surface area contributed by atoms with Gasteiger partial charge in [-0.2, -0.15) is 9.40 Å². The van der Waals surface area contributed by atoms with Gasteiger partial charge in [-0.25, -0.2) is 8.42 Å². The lowest BCUT2D eigenvalue weighted by Gasteiger charge is -2.16. The Morgan fingerprint density at radius 3 is 2.95 bits per heavy atom. The third-order valence-electron chi connectivity index (χ3n) is 3.56. The molecule has 1 atom stereocenters. The van der Waals surface area contributed by atoms with Crippen LogP contribution in [0.15, 0.2) is 12.3 Å². The second-order valence-electron chi connectivity index (χ2n) is 5.33. The highest BCUT2D eigenvalue weighted by Crippen LogP contribution is 2.24. The number of nitrogens with one attached hydrogen (secondary N) is 1. The first-order chi connectivity index (χ1) is 9.92. The monoisotopic (exact) mass is 314 g/mol. The predicted octanol–water partition coefficient (Wildman–Crippen LogP) is 1.22. The summed E-state index contributed by atoms with van der Waals surface area (Å²) >= 11 is 0. The fourth-order valence-corrected chi connectivity index (χ4v) is 4.12. The maximum absolute atomic E-state index is 12.2. The quantitative estimate of drug-likeness (QED) is 0.855. The summed E-state index contributed by atoms with van der Waals surface area (Å²) < 4.78 is 27.6. The van der Waals surface area contributed by atoms with Gasteiger partial charge in [0.05, 0.1) is 11.8 Å². The molecule has 0 bridgehead atoms. The molecule has 0 aliphatic carbocycles. The van der Waals surface area contributed by atoms with Crippen LogP contribution in [0.25, 0.3) is 0 Å². The molecule has 1 amide bonds. The minimum atomic E-state index is -3.15. The Morgan fingerprint density at radius 2 is 2.29 bits per heavy atom. The number of unbranched alkanes of at least 4 members (excludes halogenated alkanes) is 1. The molecule has 0 aromatic carbocycles. The maximum Gasteiger partial charge on any atom is 0.222 e. The van der Waals surface area contributed by atoms with Gasteiger partial charge in [0.25, 0.3) is 0 Å². The Kier molecular flexibility index (Phi) is 5.00. The van der Waals surface area contributed by atoms with Crippen LogP contribution in [0.5, 0.6) is 0 Å². The van der Waals surface area contributed by atoms with Crippen molar-refractivity contribution in [1.29, 1.82) is 0 Å².